The summed E-state index contributed by atoms with van der Waals surface area (Å²) in [7, 11) is 6.25. The van der Waals surface area contributed by atoms with Crippen molar-refractivity contribution in [1.82, 2.24) is 10.6 Å². The molecule has 0 aromatic heterocycles. The minimum absolute atomic E-state index is 0.0512. The Morgan fingerprint density at radius 2 is 0.905 bits per heavy atom. The van der Waals surface area contributed by atoms with Gasteiger partial charge in [0.15, 0.2) is 0 Å². The number of rotatable bonds is 27. The molecule has 5 N–H and O–H groups in total. The normalized spacial score (nSPS) is 10.7. The Bertz CT molecular complexity index is 1480. The number of benzene rings is 2. The van der Waals surface area contributed by atoms with Crippen LogP contribution >= 0.6 is 0 Å². The Morgan fingerprint density at radius 1 is 0.540 bits per heavy atom. The molecule has 0 atom stereocenters. The number of anilines is 2. The number of aliphatic carboxylic acids is 1. The number of carbonyl (C=O) groups is 5. The van der Waals surface area contributed by atoms with Gasteiger partial charge in [0, 0.05) is 86.0 Å². The van der Waals surface area contributed by atoms with Crippen molar-refractivity contribution in [3.63, 3.8) is 0 Å². The standard InChI is InChI=1S/C17H18N2O2.C12H24N2O2.C11H22O4.C7H14O4/c1-12(20)18-16-7-3-14(4-8-16)11-15-5-9-17(10-6-15)19-13(2)21;1-11(15)13-9-7-5-3-4-6-8-10-14-12(2)16;1-10(2)6-14-15-9-11(3,7-12-4)8-13-5;1-7(4-10-2,5-11-3)6(8)9/h3-10H,11H2,1-2H3,(H,18,20)(H,19,21);3-10H2,1-2H3,(H,13,15)(H,14,16);1,6-9H2,2-5H3;4-5H2,1-3H3,(H,8,9). The Hall–Kier alpha value is -4.71. The first-order valence-corrected chi connectivity index (χ1v) is 21.1. The molecule has 4 amide bonds. The van der Waals surface area contributed by atoms with Gasteiger partial charge in [0.1, 0.15) is 12.0 Å². The van der Waals surface area contributed by atoms with Crippen LogP contribution in [0.25, 0.3) is 0 Å². The van der Waals surface area contributed by atoms with Gasteiger partial charge in [-0.2, -0.15) is 0 Å². The quantitative estimate of drug-likeness (QED) is 0.0267. The second-order valence-electron chi connectivity index (χ2n) is 15.9. The van der Waals surface area contributed by atoms with Crippen molar-refractivity contribution < 1.29 is 57.8 Å². The topological polar surface area (TPSA) is 209 Å². The molecule has 0 spiro atoms. The predicted octanol–water partition coefficient (Wildman–Crippen LogP) is 6.97. The van der Waals surface area contributed by atoms with Gasteiger partial charge in [0.05, 0.1) is 33.0 Å². The molecule has 358 valence electrons. The highest BCUT2D eigenvalue weighted by Gasteiger charge is 2.33. The number of methoxy groups -OCH3 is 4. The molecule has 63 heavy (non-hydrogen) atoms. The molecule has 0 aliphatic heterocycles. The van der Waals surface area contributed by atoms with Gasteiger partial charge in [-0.05, 0) is 68.5 Å². The van der Waals surface area contributed by atoms with Gasteiger partial charge < -0.3 is 45.3 Å². The summed E-state index contributed by atoms with van der Waals surface area (Å²) in [5.41, 5.74) is 3.74. The van der Waals surface area contributed by atoms with Crippen LogP contribution in [0.2, 0.25) is 0 Å². The SMILES string of the molecule is C=C(C)COOCC(C)(COC)COC.CC(=O)NCCCCCCCCNC(C)=O.CC(=O)Nc1ccc(Cc2ccc(NC(C)=O)cc2)cc1.COCC(C)(COC)C(=O)O. The Kier molecular flexibility index (Phi) is 35.2. The zero-order chi connectivity index (χ0) is 48.1. The molecule has 0 saturated heterocycles. The summed E-state index contributed by atoms with van der Waals surface area (Å²) in [5, 5.41) is 19.8. The molecule has 0 saturated carbocycles. The fourth-order valence-electron chi connectivity index (χ4n) is 5.49. The third-order valence-corrected chi connectivity index (χ3v) is 8.53. The van der Waals surface area contributed by atoms with Crippen LogP contribution in [0, 0.1) is 10.8 Å². The summed E-state index contributed by atoms with van der Waals surface area (Å²) in [4.78, 5) is 63.7. The number of ether oxygens (including phenoxy) is 4. The van der Waals surface area contributed by atoms with E-state index in [1.807, 2.05) is 62.4 Å². The van der Waals surface area contributed by atoms with Gasteiger partial charge in [-0.3, -0.25) is 24.0 Å². The molecule has 2 aromatic carbocycles. The first kappa shape index (κ1) is 60.4. The minimum atomic E-state index is -0.927. The van der Waals surface area contributed by atoms with Crippen molar-refractivity contribution in [3.05, 3.63) is 71.8 Å². The van der Waals surface area contributed by atoms with Gasteiger partial charge in [-0.15, -0.1) is 0 Å². The minimum Gasteiger partial charge on any atom is -0.481 e. The molecule has 0 heterocycles. The second kappa shape index (κ2) is 36.7. The van der Waals surface area contributed by atoms with Crippen molar-refractivity contribution in [1.29, 1.82) is 0 Å². The van der Waals surface area contributed by atoms with E-state index in [2.05, 4.69) is 27.8 Å². The van der Waals surface area contributed by atoms with E-state index in [4.69, 9.17) is 33.8 Å². The van der Waals surface area contributed by atoms with Crippen molar-refractivity contribution in [2.75, 3.05) is 91.8 Å². The third-order valence-electron chi connectivity index (χ3n) is 8.53. The molecule has 16 heteroatoms. The molecule has 2 aromatic rings. The summed E-state index contributed by atoms with van der Waals surface area (Å²) in [5.74, 6) is -0.945. The van der Waals surface area contributed by atoms with E-state index in [-0.39, 0.29) is 42.3 Å². The highest BCUT2D eigenvalue weighted by molar-refractivity contribution is 5.89. The maximum atomic E-state index is 11.0. The van der Waals surface area contributed by atoms with Crippen molar-refractivity contribution in [2.24, 2.45) is 10.8 Å². The molecule has 0 aliphatic rings. The highest BCUT2D eigenvalue weighted by Crippen LogP contribution is 2.19. The number of hydrogen-bond donors (Lipinski definition) is 5. The number of hydrogen-bond acceptors (Lipinski definition) is 11. The Morgan fingerprint density at radius 3 is 1.21 bits per heavy atom. The van der Waals surface area contributed by atoms with Gasteiger partial charge in [-0.25, -0.2) is 9.78 Å². The van der Waals surface area contributed by atoms with Crippen molar-refractivity contribution in [2.45, 2.75) is 93.4 Å². The summed E-state index contributed by atoms with van der Waals surface area (Å²) in [6.07, 6.45) is 7.68. The van der Waals surface area contributed by atoms with Crippen LogP contribution in [0.4, 0.5) is 11.4 Å². The Balaban J connectivity index is 0. The number of nitrogens with one attached hydrogen (secondary N) is 4. The van der Waals surface area contributed by atoms with Crippen LogP contribution < -0.4 is 21.3 Å². The number of unbranched alkanes of at least 4 members (excludes halogenated alkanes) is 5. The van der Waals surface area contributed by atoms with Crippen LogP contribution in [0.5, 0.6) is 0 Å². The van der Waals surface area contributed by atoms with Crippen LogP contribution in [-0.2, 0) is 59.1 Å². The predicted molar refractivity (Wildman–Crippen MR) is 247 cm³/mol. The Labute approximate surface area is 376 Å². The third kappa shape index (κ3) is 35.4. The fourth-order valence-corrected chi connectivity index (χ4v) is 5.49. The molecular weight excluding hydrogens is 813 g/mol. The van der Waals surface area contributed by atoms with Crippen LogP contribution in [-0.4, -0.2) is 116 Å². The van der Waals surface area contributed by atoms with Crippen LogP contribution in [0.3, 0.4) is 0 Å². The largest absolute Gasteiger partial charge is 0.481 e. The zero-order valence-corrected chi connectivity index (χ0v) is 39.9. The molecular formula is C47H78N4O12. The van der Waals surface area contributed by atoms with Crippen molar-refractivity contribution >= 4 is 41.0 Å². The number of carboxylic acid groups (broad SMARTS) is 1. The summed E-state index contributed by atoms with van der Waals surface area (Å²) < 4.78 is 19.7. The summed E-state index contributed by atoms with van der Waals surface area (Å²) in [6.45, 7) is 19.2. The maximum absolute atomic E-state index is 11.0. The second-order valence-corrected chi connectivity index (χ2v) is 15.9. The van der Waals surface area contributed by atoms with E-state index in [0.29, 0.717) is 26.4 Å². The lowest BCUT2D eigenvalue weighted by molar-refractivity contribution is -0.307. The average Bonchev–Trinajstić information content (AvgIpc) is 3.19. The van der Waals surface area contributed by atoms with E-state index in [1.165, 1.54) is 53.8 Å². The summed E-state index contributed by atoms with van der Waals surface area (Å²) in [6, 6.07) is 15.5. The number of carbonyl (C=O) groups excluding carboxylic acids is 4. The van der Waals surface area contributed by atoms with E-state index >= 15 is 0 Å². The van der Waals surface area contributed by atoms with Gasteiger partial charge in [-0.1, -0.05) is 69.0 Å². The smallest absolute Gasteiger partial charge is 0.314 e. The van der Waals surface area contributed by atoms with Gasteiger partial charge in [0.2, 0.25) is 23.6 Å². The highest BCUT2D eigenvalue weighted by atomic mass is 17.2. The maximum Gasteiger partial charge on any atom is 0.314 e. The molecule has 16 nitrogen and oxygen atoms in total. The van der Waals surface area contributed by atoms with Crippen LogP contribution in [0.1, 0.15) is 98.1 Å². The van der Waals surface area contributed by atoms with E-state index in [1.54, 1.807) is 35.0 Å². The fraction of sp³-hybridized carbons (Fsp3) is 0.596. The summed E-state index contributed by atoms with van der Waals surface area (Å²) >= 11 is 0. The van der Waals surface area contributed by atoms with Crippen molar-refractivity contribution in [3.8, 4) is 0 Å². The lowest BCUT2D eigenvalue weighted by atomic mass is 9.93. The first-order valence-electron chi connectivity index (χ1n) is 21.1. The van der Waals surface area contributed by atoms with Gasteiger partial charge in [0.25, 0.3) is 0 Å². The van der Waals surface area contributed by atoms with E-state index < -0.39 is 11.4 Å². The molecule has 2 rings (SSSR count). The monoisotopic (exact) mass is 891 g/mol. The number of carboxylic acids is 1. The lowest BCUT2D eigenvalue weighted by Gasteiger charge is -2.26. The van der Waals surface area contributed by atoms with E-state index in [9.17, 15) is 24.0 Å². The zero-order valence-electron chi connectivity index (χ0n) is 39.9. The first-order chi connectivity index (χ1) is 29.8. The van der Waals surface area contributed by atoms with Crippen LogP contribution in [0.15, 0.2) is 60.7 Å². The average molecular weight is 891 g/mol. The van der Waals surface area contributed by atoms with E-state index in [0.717, 1.165) is 60.4 Å². The van der Waals surface area contributed by atoms with Gasteiger partial charge >= 0.3 is 5.97 Å². The molecule has 0 radical (unpaired) electrons. The molecule has 0 fully saturated rings. The molecule has 0 bridgehead atoms. The molecule has 0 unspecified atom stereocenters. The number of amides is 4. The molecule has 0 aliphatic carbocycles. The lowest BCUT2D eigenvalue weighted by Crippen LogP contribution is -2.36.